The van der Waals surface area contributed by atoms with E-state index in [4.69, 9.17) is 11.6 Å². The largest absolute Gasteiger partial charge is 0.416 e. The summed E-state index contributed by atoms with van der Waals surface area (Å²) in [6.07, 6.45) is -4.38. The second-order valence-corrected chi connectivity index (χ2v) is 5.98. The lowest BCUT2D eigenvalue weighted by Gasteiger charge is -2.17. The molecule has 3 nitrogen and oxygen atoms in total. The fourth-order valence-electron chi connectivity index (χ4n) is 2.19. The first-order valence-corrected chi connectivity index (χ1v) is 7.62. The average Bonchev–Trinajstić information content (AvgIpc) is 2.50. The number of nitrogens with one attached hydrogen (secondary N) is 1. The molecular formula is C17H15ClF4N2O. The molecule has 0 unspecified atom stereocenters. The molecule has 0 aliphatic carbocycles. The molecule has 0 saturated heterocycles. The number of halogens is 5. The molecule has 2 rings (SSSR count). The number of amides is 1. The molecule has 2 aromatic carbocycles. The minimum absolute atomic E-state index is 0.0274. The van der Waals surface area contributed by atoms with Crippen molar-refractivity contribution >= 4 is 23.2 Å². The third-order valence-corrected chi connectivity index (χ3v) is 3.58. The molecule has 134 valence electrons. The SMILES string of the molecule is CN(CC(=O)Nc1cc(Cl)ccc1F)Cc1ccc(C(F)(F)F)cc1. The molecule has 1 amide bonds. The molecule has 0 heterocycles. The van der Waals surface area contributed by atoms with Crippen molar-refractivity contribution in [1.82, 2.24) is 4.90 Å². The number of alkyl halides is 3. The molecule has 0 aliphatic heterocycles. The lowest BCUT2D eigenvalue weighted by atomic mass is 10.1. The van der Waals surface area contributed by atoms with Crippen LogP contribution >= 0.6 is 11.6 Å². The van der Waals surface area contributed by atoms with Crippen LogP contribution in [0.5, 0.6) is 0 Å². The van der Waals surface area contributed by atoms with Gasteiger partial charge < -0.3 is 5.32 Å². The Balaban J connectivity index is 1.92. The van der Waals surface area contributed by atoms with Crippen LogP contribution in [-0.4, -0.2) is 24.4 Å². The molecule has 0 atom stereocenters. The van der Waals surface area contributed by atoms with E-state index in [0.717, 1.165) is 18.2 Å². The molecule has 0 saturated carbocycles. The second-order valence-electron chi connectivity index (χ2n) is 5.54. The van der Waals surface area contributed by atoms with E-state index in [9.17, 15) is 22.4 Å². The highest BCUT2D eigenvalue weighted by Gasteiger charge is 2.29. The lowest BCUT2D eigenvalue weighted by Crippen LogP contribution is -2.30. The zero-order valence-corrected chi connectivity index (χ0v) is 14.0. The van der Waals surface area contributed by atoms with Crippen molar-refractivity contribution in [3.63, 3.8) is 0 Å². The summed E-state index contributed by atoms with van der Waals surface area (Å²) in [5.41, 5.74) is -0.134. The standard InChI is InChI=1S/C17H15ClF4N2O/c1-24(9-11-2-4-12(5-3-11)17(20,21)22)10-16(25)23-15-8-13(18)6-7-14(15)19/h2-8H,9-10H2,1H3,(H,23,25). The lowest BCUT2D eigenvalue weighted by molar-refractivity contribution is -0.137. The maximum atomic E-state index is 13.6. The van der Waals surface area contributed by atoms with E-state index < -0.39 is 23.5 Å². The van der Waals surface area contributed by atoms with Gasteiger partial charge in [0.05, 0.1) is 17.8 Å². The van der Waals surface area contributed by atoms with Crippen LogP contribution in [0.25, 0.3) is 0 Å². The highest BCUT2D eigenvalue weighted by molar-refractivity contribution is 6.30. The predicted molar refractivity (Wildman–Crippen MR) is 87.8 cm³/mol. The molecule has 2 aromatic rings. The summed E-state index contributed by atoms with van der Waals surface area (Å²) >= 11 is 5.75. The van der Waals surface area contributed by atoms with Crippen LogP contribution < -0.4 is 5.32 Å². The Labute approximate surface area is 147 Å². The maximum Gasteiger partial charge on any atom is 0.416 e. The van der Waals surface area contributed by atoms with Gasteiger partial charge in [0.2, 0.25) is 5.91 Å². The van der Waals surface area contributed by atoms with E-state index >= 15 is 0 Å². The van der Waals surface area contributed by atoms with Gasteiger partial charge >= 0.3 is 6.18 Å². The van der Waals surface area contributed by atoms with Crippen molar-refractivity contribution in [2.75, 3.05) is 18.9 Å². The van der Waals surface area contributed by atoms with E-state index in [1.54, 1.807) is 11.9 Å². The second kappa shape index (κ2) is 7.84. The first kappa shape index (κ1) is 19.2. The van der Waals surface area contributed by atoms with E-state index in [-0.39, 0.29) is 23.8 Å². The maximum absolute atomic E-state index is 13.6. The zero-order chi connectivity index (χ0) is 18.6. The van der Waals surface area contributed by atoms with Crippen LogP contribution in [0, 0.1) is 5.82 Å². The van der Waals surface area contributed by atoms with Gasteiger partial charge in [-0.1, -0.05) is 23.7 Å². The highest BCUT2D eigenvalue weighted by Crippen LogP contribution is 2.29. The van der Waals surface area contributed by atoms with Gasteiger partial charge in [-0.25, -0.2) is 4.39 Å². The number of likely N-dealkylation sites (N-methyl/N-ethyl adjacent to an activating group) is 1. The van der Waals surface area contributed by atoms with Crippen LogP contribution in [0.4, 0.5) is 23.2 Å². The summed E-state index contributed by atoms with van der Waals surface area (Å²) in [7, 11) is 1.63. The minimum atomic E-state index is -4.38. The number of anilines is 1. The molecule has 0 radical (unpaired) electrons. The van der Waals surface area contributed by atoms with Crippen molar-refractivity contribution < 1.29 is 22.4 Å². The van der Waals surface area contributed by atoms with Gasteiger partial charge in [-0.3, -0.25) is 9.69 Å². The molecule has 25 heavy (non-hydrogen) atoms. The Kier molecular flexibility index (Phi) is 6.02. The number of carbonyl (C=O) groups is 1. The van der Waals surface area contributed by atoms with Crippen molar-refractivity contribution in [2.45, 2.75) is 12.7 Å². The van der Waals surface area contributed by atoms with Gasteiger partial charge in [-0.15, -0.1) is 0 Å². The van der Waals surface area contributed by atoms with E-state index in [1.165, 1.54) is 24.3 Å². The van der Waals surface area contributed by atoms with Crippen LogP contribution in [-0.2, 0) is 17.5 Å². The summed E-state index contributed by atoms with van der Waals surface area (Å²) in [6, 6.07) is 8.49. The van der Waals surface area contributed by atoms with Crippen LogP contribution in [0.15, 0.2) is 42.5 Å². The van der Waals surface area contributed by atoms with E-state index in [1.807, 2.05) is 0 Å². The van der Waals surface area contributed by atoms with Crippen molar-refractivity contribution in [1.29, 1.82) is 0 Å². The van der Waals surface area contributed by atoms with Crippen molar-refractivity contribution in [3.05, 3.63) is 64.4 Å². The molecule has 0 bridgehead atoms. The summed E-state index contributed by atoms with van der Waals surface area (Å²) in [5.74, 6) is -1.07. The minimum Gasteiger partial charge on any atom is -0.322 e. The Morgan fingerprint density at radius 3 is 2.40 bits per heavy atom. The monoisotopic (exact) mass is 374 g/mol. The quantitative estimate of drug-likeness (QED) is 0.778. The topological polar surface area (TPSA) is 32.3 Å². The third-order valence-electron chi connectivity index (χ3n) is 3.35. The fraction of sp³-hybridized carbons (Fsp3) is 0.235. The third kappa shape index (κ3) is 5.72. The molecule has 8 heteroatoms. The number of nitrogens with zero attached hydrogens (tertiary/aromatic N) is 1. The van der Waals surface area contributed by atoms with Crippen molar-refractivity contribution in [2.24, 2.45) is 0 Å². The number of rotatable bonds is 5. The van der Waals surface area contributed by atoms with E-state index in [2.05, 4.69) is 5.32 Å². The molecule has 0 aromatic heterocycles. The molecule has 1 N–H and O–H groups in total. The first-order valence-electron chi connectivity index (χ1n) is 7.25. The molecule has 0 spiro atoms. The smallest absolute Gasteiger partial charge is 0.322 e. The number of hydrogen-bond acceptors (Lipinski definition) is 2. The Bertz CT molecular complexity index is 747. The van der Waals surface area contributed by atoms with Gasteiger partial charge in [0.15, 0.2) is 0 Å². The normalized spacial score (nSPS) is 11.6. The summed E-state index contributed by atoms with van der Waals surface area (Å²) in [4.78, 5) is 13.5. The van der Waals surface area contributed by atoms with Crippen LogP contribution in [0.2, 0.25) is 5.02 Å². The molecular weight excluding hydrogens is 360 g/mol. The summed E-state index contributed by atoms with van der Waals surface area (Å²) < 4.78 is 51.1. The van der Waals surface area contributed by atoms with Gasteiger partial charge in [0.25, 0.3) is 0 Å². The first-order chi connectivity index (χ1) is 11.6. The number of benzene rings is 2. The van der Waals surface area contributed by atoms with Crippen LogP contribution in [0.3, 0.4) is 0 Å². The number of hydrogen-bond donors (Lipinski definition) is 1. The van der Waals surface area contributed by atoms with Crippen LogP contribution in [0.1, 0.15) is 11.1 Å². The highest BCUT2D eigenvalue weighted by atomic mass is 35.5. The summed E-state index contributed by atoms with van der Waals surface area (Å²) in [6.45, 7) is 0.205. The van der Waals surface area contributed by atoms with Gasteiger partial charge in [0, 0.05) is 11.6 Å². The van der Waals surface area contributed by atoms with Crippen molar-refractivity contribution in [3.8, 4) is 0 Å². The molecule has 0 aliphatic rings. The predicted octanol–water partition coefficient (Wildman–Crippen LogP) is 4.57. The van der Waals surface area contributed by atoms with Gasteiger partial charge in [-0.05, 0) is 42.9 Å². The Morgan fingerprint density at radius 1 is 1.16 bits per heavy atom. The zero-order valence-electron chi connectivity index (χ0n) is 13.2. The summed E-state index contributed by atoms with van der Waals surface area (Å²) in [5, 5.41) is 2.69. The average molecular weight is 375 g/mol. The van der Waals surface area contributed by atoms with E-state index in [0.29, 0.717) is 5.56 Å². The Hall–Kier alpha value is -2.12. The number of carbonyl (C=O) groups excluding carboxylic acids is 1. The Morgan fingerprint density at radius 2 is 1.80 bits per heavy atom. The molecule has 0 fully saturated rings. The van der Waals surface area contributed by atoms with Gasteiger partial charge in [0.1, 0.15) is 5.82 Å². The fourth-order valence-corrected chi connectivity index (χ4v) is 2.37. The van der Waals surface area contributed by atoms with Gasteiger partial charge in [-0.2, -0.15) is 13.2 Å².